The Labute approximate surface area is 88.4 Å². The van der Waals surface area contributed by atoms with Crippen molar-refractivity contribution in [3.8, 4) is 0 Å². The Kier molecular flexibility index (Phi) is 1.82. The fourth-order valence-corrected chi connectivity index (χ4v) is 3.66. The third-order valence-corrected chi connectivity index (χ3v) is 4.14. The highest BCUT2D eigenvalue weighted by atomic mass is 16.6. The van der Waals surface area contributed by atoms with Crippen molar-refractivity contribution in [3.05, 3.63) is 0 Å². The number of esters is 1. The molecular formula is C11H15NO3. The number of ether oxygens (including phenoxy) is 1. The Morgan fingerprint density at radius 1 is 1.53 bits per heavy atom. The van der Waals surface area contributed by atoms with Crippen LogP contribution in [0, 0.1) is 23.7 Å². The van der Waals surface area contributed by atoms with Crippen molar-refractivity contribution < 1.29 is 14.3 Å². The second-order valence-electron chi connectivity index (χ2n) is 4.82. The summed E-state index contributed by atoms with van der Waals surface area (Å²) in [6, 6.07) is 0. The molecule has 4 heteroatoms. The van der Waals surface area contributed by atoms with E-state index in [4.69, 9.17) is 4.74 Å². The number of carbonyl (C=O) groups excluding carboxylic acids is 2. The van der Waals surface area contributed by atoms with Crippen molar-refractivity contribution in [2.75, 3.05) is 6.54 Å². The van der Waals surface area contributed by atoms with Crippen LogP contribution < -0.4 is 5.32 Å². The minimum atomic E-state index is -0.139. The van der Waals surface area contributed by atoms with Gasteiger partial charge in [0.05, 0.1) is 11.8 Å². The molecule has 5 atom stereocenters. The molecule has 2 saturated carbocycles. The first kappa shape index (κ1) is 9.19. The molecule has 3 aliphatic rings. The first-order valence-electron chi connectivity index (χ1n) is 5.70. The quantitative estimate of drug-likeness (QED) is 0.666. The standard InChI is InChI=1S/C11H15NO3/c1-2-12-10(13)8-5-3-6-7(4-5)15-11(14)9(6)8/h5-9H,2-4H2,1H3,(H,12,13)/t5-,6+,7-,8-,9+/m1/s1. The lowest BCUT2D eigenvalue weighted by atomic mass is 9.79. The molecule has 3 fully saturated rings. The van der Waals surface area contributed by atoms with Gasteiger partial charge >= 0.3 is 5.97 Å². The van der Waals surface area contributed by atoms with Crippen LogP contribution in [-0.2, 0) is 14.3 Å². The van der Waals surface area contributed by atoms with Crippen molar-refractivity contribution >= 4 is 11.9 Å². The normalized spacial score (nSPS) is 45.7. The molecule has 15 heavy (non-hydrogen) atoms. The number of hydrogen-bond acceptors (Lipinski definition) is 3. The predicted molar refractivity (Wildman–Crippen MR) is 51.8 cm³/mol. The molecule has 2 aliphatic carbocycles. The summed E-state index contributed by atoms with van der Waals surface area (Å²) in [5.74, 6) is 0.369. The molecule has 0 aromatic heterocycles. The van der Waals surface area contributed by atoms with Gasteiger partial charge in [-0.3, -0.25) is 9.59 Å². The molecule has 82 valence electrons. The Morgan fingerprint density at radius 2 is 2.33 bits per heavy atom. The molecule has 0 aromatic carbocycles. The van der Waals surface area contributed by atoms with E-state index < -0.39 is 0 Å². The van der Waals surface area contributed by atoms with Gasteiger partial charge < -0.3 is 10.1 Å². The Hall–Kier alpha value is -1.06. The largest absolute Gasteiger partial charge is 0.462 e. The zero-order chi connectivity index (χ0) is 10.6. The second kappa shape index (κ2) is 2.97. The summed E-state index contributed by atoms with van der Waals surface area (Å²) in [6.07, 6.45) is 2.02. The first-order valence-corrected chi connectivity index (χ1v) is 5.70. The molecule has 0 aromatic rings. The molecule has 2 bridgehead atoms. The number of fused-ring (bicyclic) bond motifs is 1. The molecule has 1 aliphatic heterocycles. The summed E-state index contributed by atoms with van der Waals surface area (Å²) >= 11 is 0. The van der Waals surface area contributed by atoms with Crippen LogP contribution in [0.4, 0.5) is 0 Å². The molecule has 3 rings (SSSR count). The maximum Gasteiger partial charge on any atom is 0.310 e. The average Bonchev–Trinajstić information content (AvgIpc) is 2.76. The topological polar surface area (TPSA) is 55.4 Å². The molecule has 4 nitrogen and oxygen atoms in total. The van der Waals surface area contributed by atoms with E-state index in [1.165, 1.54) is 0 Å². The SMILES string of the molecule is CCNC(=O)[C@@H]1[C@@H]2C[C@@H]3[C@@H]1C(=O)O[C@@H]3C2. The van der Waals surface area contributed by atoms with Gasteiger partial charge in [0.15, 0.2) is 0 Å². The van der Waals surface area contributed by atoms with Gasteiger partial charge in [-0.1, -0.05) is 0 Å². The highest BCUT2D eigenvalue weighted by Gasteiger charge is 2.63. The Balaban J connectivity index is 1.86. The molecule has 1 amide bonds. The lowest BCUT2D eigenvalue weighted by Crippen LogP contribution is -2.39. The summed E-state index contributed by atoms with van der Waals surface area (Å²) in [4.78, 5) is 23.5. The van der Waals surface area contributed by atoms with Gasteiger partial charge in [0.2, 0.25) is 5.91 Å². The van der Waals surface area contributed by atoms with Crippen LogP contribution in [0.3, 0.4) is 0 Å². The van der Waals surface area contributed by atoms with E-state index in [1.807, 2.05) is 6.92 Å². The van der Waals surface area contributed by atoms with E-state index in [2.05, 4.69) is 5.32 Å². The lowest BCUT2D eigenvalue weighted by Gasteiger charge is -2.23. The first-order chi connectivity index (χ1) is 7.22. The van der Waals surface area contributed by atoms with Crippen molar-refractivity contribution in [3.63, 3.8) is 0 Å². The van der Waals surface area contributed by atoms with Crippen LogP contribution in [0.1, 0.15) is 19.8 Å². The maximum atomic E-state index is 11.8. The minimum absolute atomic E-state index is 0.0484. The number of hydrogen-bond donors (Lipinski definition) is 1. The van der Waals surface area contributed by atoms with Crippen LogP contribution in [0.15, 0.2) is 0 Å². The summed E-state index contributed by atoms with van der Waals surface area (Å²) in [5, 5.41) is 2.83. The summed E-state index contributed by atoms with van der Waals surface area (Å²) in [5.41, 5.74) is 0. The minimum Gasteiger partial charge on any atom is -0.462 e. The van der Waals surface area contributed by atoms with Crippen molar-refractivity contribution in [2.24, 2.45) is 23.7 Å². The molecule has 1 saturated heterocycles. The molecular weight excluding hydrogens is 194 g/mol. The molecule has 0 spiro atoms. The smallest absolute Gasteiger partial charge is 0.310 e. The zero-order valence-corrected chi connectivity index (χ0v) is 8.73. The van der Waals surface area contributed by atoms with Crippen LogP contribution in [0.2, 0.25) is 0 Å². The maximum absolute atomic E-state index is 11.8. The third-order valence-electron chi connectivity index (χ3n) is 4.14. The fraction of sp³-hybridized carbons (Fsp3) is 0.818. The highest BCUT2D eigenvalue weighted by Crippen LogP contribution is 2.57. The van der Waals surface area contributed by atoms with E-state index >= 15 is 0 Å². The Morgan fingerprint density at radius 3 is 3.07 bits per heavy atom. The van der Waals surface area contributed by atoms with E-state index in [1.54, 1.807) is 0 Å². The van der Waals surface area contributed by atoms with Crippen LogP contribution >= 0.6 is 0 Å². The van der Waals surface area contributed by atoms with Crippen molar-refractivity contribution in [2.45, 2.75) is 25.9 Å². The van der Waals surface area contributed by atoms with E-state index in [0.717, 1.165) is 12.8 Å². The highest BCUT2D eigenvalue weighted by molar-refractivity contribution is 5.88. The van der Waals surface area contributed by atoms with Gasteiger partial charge in [-0.05, 0) is 25.7 Å². The molecule has 1 N–H and O–H groups in total. The van der Waals surface area contributed by atoms with Gasteiger partial charge in [-0.15, -0.1) is 0 Å². The predicted octanol–water partition coefficient (Wildman–Crippen LogP) is 0.320. The zero-order valence-electron chi connectivity index (χ0n) is 8.73. The van der Waals surface area contributed by atoms with Crippen molar-refractivity contribution in [1.82, 2.24) is 5.32 Å². The monoisotopic (exact) mass is 209 g/mol. The third kappa shape index (κ3) is 1.08. The lowest BCUT2D eigenvalue weighted by molar-refractivity contribution is -0.145. The summed E-state index contributed by atoms with van der Waals surface area (Å²) < 4.78 is 5.28. The molecule has 0 unspecified atom stereocenters. The van der Waals surface area contributed by atoms with Crippen LogP contribution in [0.25, 0.3) is 0 Å². The van der Waals surface area contributed by atoms with E-state index in [-0.39, 0.29) is 29.8 Å². The van der Waals surface area contributed by atoms with Gasteiger partial charge in [0, 0.05) is 12.5 Å². The number of carbonyl (C=O) groups is 2. The average molecular weight is 209 g/mol. The molecule has 0 radical (unpaired) electrons. The van der Waals surface area contributed by atoms with Crippen molar-refractivity contribution in [1.29, 1.82) is 0 Å². The summed E-state index contributed by atoms with van der Waals surface area (Å²) in [7, 11) is 0. The van der Waals surface area contributed by atoms with Gasteiger partial charge in [0.1, 0.15) is 6.10 Å². The number of rotatable bonds is 2. The van der Waals surface area contributed by atoms with E-state index in [9.17, 15) is 9.59 Å². The fourth-order valence-electron chi connectivity index (χ4n) is 3.66. The molecule has 1 heterocycles. The summed E-state index contributed by atoms with van der Waals surface area (Å²) in [6.45, 7) is 2.54. The van der Waals surface area contributed by atoms with Gasteiger partial charge in [-0.2, -0.15) is 0 Å². The number of amides is 1. The van der Waals surface area contributed by atoms with Crippen LogP contribution in [-0.4, -0.2) is 24.5 Å². The van der Waals surface area contributed by atoms with Gasteiger partial charge in [-0.25, -0.2) is 0 Å². The van der Waals surface area contributed by atoms with Gasteiger partial charge in [0.25, 0.3) is 0 Å². The second-order valence-corrected chi connectivity index (χ2v) is 4.82. The number of nitrogens with one attached hydrogen (secondary N) is 1. The van der Waals surface area contributed by atoms with Crippen LogP contribution in [0.5, 0.6) is 0 Å². The Bertz CT molecular complexity index is 326. The van der Waals surface area contributed by atoms with E-state index in [0.29, 0.717) is 18.4 Å².